The molecule has 3 heteroatoms. The van der Waals surface area contributed by atoms with Crippen molar-refractivity contribution in [3.63, 3.8) is 0 Å². The summed E-state index contributed by atoms with van der Waals surface area (Å²) in [6, 6.07) is 8.62. The van der Waals surface area contributed by atoms with Crippen molar-refractivity contribution in [3.8, 4) is 0 Å². The lowest BCUT2D eigenvalue weighted by Crippen LogP contribution is -2.12. The third-order valence-corrected chi connectivity index (χ3v) is 4.33. The Morgan fingerprint density at radius 1 is 1.21 bits per heavy atom. The van der Waals surface area contributed by atoms with E-state index in [4.69, 9.17) is 0 Å². The summed E-state index contributed by atoms with van der Waals surface area (Å²) in [7, 11) is 0. The number of benzene rings is 1. The molecule has 0 atom stereocenters. The summed E-state index contributed by atoms with van der Waals surface area (Å²) in [6.07, 6.45) is 1.99. The van der Waals surface area contributed by atoms with Crippen molar-refractivity contribution < 1.29 is 0 Å². The Balaban J connectivity index is 1.88. The van der Waals surface area contributed by atoms with Crippen molar-refractivity contribution in [2.24, 2.45) is 0 Å². The van der Waals surface area contributed by atoms with Crippen LogP contribution in [0.15, 0.2) is 30.5 Å². The second-order valence-electron chi connectivity index (χ2n) is 5.97. The maximum atomic E-state index is 4.51. The molecule has 1 N–H and O–H groups in total. The first-order chi connectivity index (χ1) is 8.95. The highest BCUT2D eigenvalue weighted by atomic mass is 32.1. The van der Waals surface area contributed by atoms with Crippen LogP contribution in [0.4, 0.5) is 0 Å². The number of rotatable bonds is 4. The second kappa shape index (κ2) is 5.85. The number of aryl methyl sites for hydroxylation is 1. The minimum atomic E-state index is 0.152. The Morgan fingerprint density at radius 2 is 2.00 bits per heavy atom. The second-order valence-corrected chi connectivity index (χ2v) is 7.09. The van der Waals surface area contributed by atoms with Gasteiger partial charge >= 0.3 is 0 Å². The smallest absolute Gasteiger partial charge is 0.0981 e. The Bertz CT molecular complexity index is 538. The average molecular weight is 274 g/mol. The fourth-order valence-corrected chi connectivity index (χ4v) is 2.83. The molecule has 0 unspecified atom stereocenters. The van der Waals surface area contributed by atoms with E-state index in [1.54, 1.807) is 11.3 Å². The maximum absolute atomic E-state index is 4.51. The van der Waals surface area contributed by atoms with Gasteiger partial charge in [-0.2, -0.15) is 0 Å². The highest BCUT2D eigenvalue weighted by molar-refractivity contribution is 7.11. The van der Waals surface area contributed by atoms with Gasteiger partial charge in [0.15, 0.2) is 0 Å². The van der Waals surface area contributed by atoms with Gasteiger partial charge in [0.2, 0.25) is 0 Å². The van der Waals surface area contributed by atoms with E-state index in [0.717, 1.165) is 13.1 Å². The largest absolute Gasteiger partial charge is 0.308 e. The van der Waals surface area contributed by atoms with Crippen LogP contribution in [0.1, 0.15) is 41.8 Å². The van der Waals surface area contributed by atoms with Gasteiger partial charge in [-0.15, -0.1) is 11.3 Å². The minimum Gasteiger partial charge on any atom is -0.308 e. The van der Waals surface area contributed by atoms with Crippen LogP contribution in [-0.2, 0) is 18.5 Å². The molecule has 0 radical (unpaired) electrons. The van der Waals surface area contributed by atoms with Crippen molar-refractivity contribution in [1.29, 1.82) is 0 Å². The number of thiazole rings is 1. The number of hydrogen-bond donors (Lipinski definition) is 1. The predicted octanol–water partition coefficient (Wildman–Crippen LogP) is 4.04. The molecule has 0 spiro atoms. The SMILES string of the molecule is Cc1cccc(CNCc2cnc(C(C)(C)C)s2)c1. The fraction of sp³-hybridized carbons (Fsp3) is 0.438. The molecule has 0 aliphatic rings. The van der Waals surface area contributed by atoms with Crippen molar-refractivity contribution in [2.45, 2.75) is 46.2 Å². The normalized spacial score (nSPS) is 11.8. The van der Waals surface area contributed by atoms with Crippen molar-refractivity contribution >= 4 is 11.3 Å². The van der Waals surface area contributed by atoms with Gasteiger partial charge in [0.05, 0.1) is 5.01 Å². The molecule has 0 saturated heterocycles. The summed E-state index contributed by atoms with van der Waals surface area (Å²) in [5, 5.41) is 4.69. The summed E-state index contributed by atoms with van der Waals surface area (Å²) in [6.45, 7) is 10.5. The Morgan fingerprint density at radius 3 is 2.63 bits per heavy atom. The van der Waals surface area contributed by atoms with E-state index in [0.29, 0.717) is 0 Å². The summed E-state index contributed by atoms with van der Waals surface area (Å²) < 4.78 is 0. The van der Waals surface area contributed by atoms with Gasteiger partial charge in [-0.1, -0.05) is 50.6 Å². The standard InChI is InChI=1S/C16H22N2S/c1-12-6-5-7-13(8-12)9-17-10-14-11-18-15(19-14)16(2,3)4/h5-8,11,17H,9-10H2,1-4H3. The van der Waals surface area contributed by atoms with Crippen LogP contribution in [0.3, 0.4) is 0 Å². The zero-order valence-electron chi connectivity index (χ0n) is 12.2. The maximum Gasteiger partial charge on any atom is 0.0981 e. The van der Waals surface area contributed by atoms with Crippen molar-refractivity contribution in [2.75, 3.05) is 0 Å². The molecule has 0 saturated carbocycles. The number of hydrogen-bond acceptors (Lipinski definition) is 3. The molecular formula is C16H22N2S. The predicted molar refractivity (Wildman–Crippen MR) is 82.5 cm³/mol. The molecule has 0 aliphatic heterocycles. The molecule has 0 bridgehead atoms. The topological polar surface area (TPSA) is 24.9 Å². The molecule has 1 aromatic carbocycles. The van der Waals surface area contributed by atoms with E-state index in [-0.39, 0.29) is 5.41 Å². The quantitative estimate of drug-likeness (QED) is 0.910. The van der Waals surface area contributed by atoms with Gasteiger partial charge in [-0.25, -0.2) is 4.98 Å². The van der Waals surface area contributed by atoms with Gasteiger partial charge < -0.3 is 5.32 Å². The van der Waals surface area contributed by atoms with Gasteiger partial charge in [-0.05, 0) is 12.5 Å². The van der Waals surface area contributed by atoms with Gasteiger partial charge in [0, 0.05) is 29.6 Å². The molecule has 0 fully saturated rings. The van der Waals surface area contributed by atoms with Crippen LogP contribution in [0.2, 0.25) is 0 Å². The Labute approximate surface area is 119 Å². The zero-order chi connectivity index (χ0) is 13.9. The van der Waals surface area contributed by atoms with Crippen LogP contribution in [0.25, 0.3) is 0 Å². The van der Waals surface area contributed by atoms with E-state index in [9.17, 15) is 0 Å². The lowest BCUT2D eigenvalue weighted by Gasteiger charge is -2.13. The van der Waals surface area contributed by atoms with Gasteiger partial charge in [0.25, 0.3) is 0 Å². The summed E-state index contributed by atoms with van der Waals surface area (Å²) in [4.78, 5) is 5.81. The molecule has 2 aromatic rings. The number of aromatic nitrogens is 1. The van der Waals surface area contributed by atoms with Gasteiger partial charge in [-0.3, -0.25) is 0 Å². The highest BCUT2D eigenvalue weighted by Gasteiger charge is 2.17. The average Bonchev–Trinajstić information content (AvgIpc) is 2.77. The van der Waals surface area contributed by atoms with Crippen molar-refractivity contribution in [3.05, 3.63) is 51.5 Å². The van der Waals surface area contributed by atoms with Crippen LogP contribution in [0.5, 0.6) is 0 Å². The minimum absolute atomic E-state index is 0.152. The Hall–Kier alpha value is -1.19. The molecule has 2 rings (SSSR count). The summed E-state index contributed by atoms with van der Waals surface area (Å²) >= 11 is 1.80. The highest BCUT2D eigenvalue weighted by Crippen LogP contribution is 2.26. The summed E-state index contributed by atoms with van der Waals surface area (Å²) in [5.74, 6) is 0. The van der Waals surface area contributed by atoms with Crippen LogP contribution >= 0.6 is 11.3 Å². The number of nitrogens with one attached hydrogen (secondary N) is 1. The first kappa shape index (κ1) is 14.2. The van der Waals surface area contributed by atoms with E-state index in [1.165, 1.54) is 21.0 Å². The lowest BCUT2D eigenvalue weighted by molar-refractivity contribution is 0.585. The first-order valence-corrected chi connectivity index (χ1v) is 7.48. The zero-order valence-corrected chi connectivity index (χ0v) is 13.0. The first-order valence-electron chi connectivity index (χ1n) is 6.66. The molecule has 19 heavy (non-hydrogen) atoms. The van der Waals surface area contributed by atoms with Crippen LogP contribution < -0.4 is 5.32 Å². The fourth-order valence-electron chi connectivity index (χ4n) is 1.89. The van der Waals surface area contributed by atoms with Crippen molar-refractivity contribution in [1.82, 2.24) is 10.3 Å². The van der Waals surface area contributed by atoms with E-state index >= 15 is 0 Å². The molecule has 0 aliphatic carbocycles. The third kappa shape index (κ3) is 4.15. The number of nitrogens with zero attached hydrogens (tertiary/aromatic N) is 1. The molecule has 0 amide bonds. The van der Waals surface area contributed by atoms with E-state index in [2.05, 4.69) is 62.3 Å². The molecular weight excluding hydrogens is 252 g/mol. The van der Waals surface area contributed by atoms with Crippen LogP contribution in [-0.4, -0.2) is 4.98 Å². The van der Waals surface area contributed by atoms with Crippen LogP contribution in [0, 0.1) is 6.92 Å². The summed E-state index contributed by atoms with van der Waals surface area (Å²) in [5.41, 5.74) is 2.80. The van der Waals surface area contributed by atoms with E-state index < -0.39 is 0 Å². The molecule has 1 heterocycles. The monoisotopic (exact) mass is 274 g/mol. The Kier molecular flexibility index (Phi) is 4.38. The van der Waals surface area contributed by atoms with Gasteiger partial charge in [0.1, 0.15) is 0 Å². The van der Waals surface area contributed by atoms with E-state index in [1.807, 2.05) is 6.20 Å². The molecule has 2 nitrogen and oxygen atoms in total. The molecule has 1 aromatic heterocycles. The lowest BCUT2D eigenvalue weighted by atomic mass is 9.98. The third-order valence-electron chi connectivity index (χ3n) is 2.91. The molecule has 102 valence electrons.